The van der Waals surface area contributed by atoms with Gasteiger partial charge in [-0.3, -0.25) is 0 Å². The van der Waals surface area contributed by atoms with E-state index >= 15 is 0 Å². The van der Waals surface area contributed by atoms with Crippen LogP contribution in [0, 0.1) is 25.7 Å². The molecular formula is C40H59GeNO2S3. The molecule has 0 spiro atoms. The van der Waals surface area contributed by atoms with Crippen LogP contribution in [0.1, 0.15) is 155 Å². The van der Waals surface area contributed by atoms with E-state index in [1.807, 2.05) is 22.7 Å². The van der Waals surface area contributed by atoms with Gasteiger partial charge in [0.1, 0.15) is 0 Å². The van der Waals surface area contributed by atoms with Gasteiger partial charge in [0.2, 0.25) is 0 Å². The van der Waals surface area contributed by atoms with Crippen LogP contribution in [-0.2, 0) is 0 Å². The third kappa shape index (κ3) is 7.47. The van der Waals surface area contributed by atoms with Crippen molar-refractivity contribution in [1.82, 2.24) is 4.90 Å². The fraction of sp³-hybridized carbons (Fsp3) is 0.650. The molecule has 0 N–H and O–H groups in total. The van der Waals surface area contributed by atoms with Crippen molar-refractivity contribution in [3.05, 3.63) is 33.0 Å². The van der Waals surface area contributed by atoms with Crippen molar-refractivity contribution in [2.45, 2.75) is 149 Å². The number of nitrogens with zero attached hydrogens (tertiary/aromatic N) is 1. The number of hydrogen-bond acceptors (Lipinski definition) is 5. The summed E-state index contributed by atoms with van der Waals surface area (Å²) in [4.78, 5) is 37.0. The molecule has 5 rings (SSSR count). The molecule has 0 radical (unpaired) electrons. The van der Waals surface area contributed by atoms with E-state index in [2.05, 4.69) is 60.6 Å². The molecule has 2 amide bonds. The summed E-state index contributed by atoms with van der Waals surface area (Å²) in [6.07, 6.45) is 17.3. The molecule has 0 saturated heterocycles. The molecule has 2 aliphatic rings. The van der Waals surface area contributed by atoms with Gasteiger partial charge in [0.15, 0.2) is 0 Å². The number of carbonyl (C=O) groups is 2. The Labute approximate surface area is 300 Å². The second-order valence-corrected chi connectivity index (χ2v) is 26.6. The van der Waals surface area contributed by atoms with Gasteiger partial charge in [-0.25, -0.2) is 0 Å². The fourth-order valence-electron chi connectivity index (χ4n) is 8.40. The number of unbranched alkanes of at least 4 members (excludes halogenated alkanes) is 7. The predicted octanol–water partition coefficient (Wildman–Crippen LogP) is 12.1. The summed E-state index contributed by atoms with van der Waals surface area (Å²) in [5.41, 5.74) is 1.39. The van der Waals surface area contributed by atoms with Gasteiger partial charge in [-0.2, -0.15) is 0 Å². The predicted molar refractivity (Wildman–Crippen MR) is 210 cm³/mol. The quantitative estimate of drug-likeness (QED) is 0.0654. The Kier molecular flexibility index (Phi) is 13.1. The van der Waals surface area contributed by atoms with Crippen LogP contribution in [0.4, 0.5) is 0 Å². The summed E-state index contributed by atoms with van der Waals surface area (Å²) in [6, 6.07) is 5.18. The van der Waals surface area contributed by atoms with Crippen molar-refractivity contribution in [2.75, 3.05) is 6.54 Å². The second kappa shape index (κ2) is 16.7. The van der Waals surface area contributed by atoms with Gasteiger partial charge in [-0.1, -0.05) is 19.8 Å². The van der Waals surface area contributed by atoms with E-state index in [0.717, 1.165) is 34.4 Å². The number of fused-ring (bicyclic) bond motifs is 4. The number of hydrogen-bond donors (Lipinski definition) is 0. The summed E-state index contributed by atoms with van der Waals surface area (Å²) < 4.78 is 3.48. The molecule has 2 atom stereocenters. The van der Waals surface area contributed by atoms with Crippen LogP contribution in [0.2, 0.25) is 10.5 Å². The summed E-state index contributed by atoms with van der Waals surface area (Å²) in [7, 11) is 0. The van der Waals surface area contributed by atoms with Crippen molar-refractivity contribution in [3.63, 3.8) is 0 Å². The Bertz CT molecular complexity index is 1510. The Balaban J connectivity index is 1.54. The van der Waals surface area contributed by atoms with Crippen molar-refractivity contribution in [3.8, 4) is 19.5 Å². The van der Waals surface area contributed by atoms with Crippen LogP contribution in [0.5, 0.6) is 0 Å². The number of aryl methyl sites for hydroxylation is 2. The average molecular weight is 755 g/mol. The molecule has 258 valence electrons. The molecule has 3 aromatic heterocycles. The third-order valence-electron chi connectivity index (χ3n) is 11.1. The van der Waals surface area contributed by atoms with Gasteiger partial charge in [0.05, 0.1) is 0 Å². The first kappa shape index (κ1) is 37.0. The Hall–Kier alpha value is -1.22. The first-order valence-corrected chi connectivity index (χ1v) is 26.5. The molecule has 5 heterocycles. The monoisotopic (exact) mass is 755 g/mol. The molecule has 3 aromatic rings. The normalized spacial score (nSPS) is 18.2. The summed E-state index contributed by atoms with van der Waals surface area (Å²) in [6.45, 7) is 16.7. The van der Waals surface area contributed by atoms with Gasteiger partial charge >= 0.3 is 282 Å². The molecule has 0 aliphatic carbocycles. The van der Waals surface area contributed by atoms with Crippen LogP contribution < -0.4 is 8.79 Å². The van der Waals surface area contributed by atoms with Crippen molar-refractivity contribution >= 4 is 67.9 Å². The molecule has 0 fully saturated rings. The van der Waals surface area contributed by atoms with Gasteiger partial charge in [0, 0.05) is 0 Å². The molecule has 0 bridgehead atoms. The van der Waals surface area contributed by atoms with E-state index in [0.29, 0.717) is 17.7 Å². The second-order valence-electron chi connectivity index (χ2n) is 14.5. The zero-order valence-corrected chi connectivity index (χ0v) is 34.9. The van der Waals surface area contributed by atoms with E-state index < -0.39 is 13.3 Å². The van der Waals surface area contributed by atoms with Crippen molar-refractivity contribution in [2.24, 2.45) is 11.8 Å². The van der Waals surface area contributed by atoms with Crippen molar-refractivity contribution < 1.29 is 9.59 Å². The molecule has 47 heavy (non-hydrogen) atoms. The number of rotatable bonds is 20. The van der Waals surface area contributed by atoms with E-state index in [4.69, 9.17) is 0 Å². The van der Waals surface area contributed by atoms with Crippen molar-refractivity contribution in [1.29, 1.82) is 0 Å². The maximum absolute atomic E-state index is 14.0. The van der Waals surface area contributed by atoms with E-state index in [-0.39, 0.29) is 11.8 Å². The van der Waals surface area contributed by atoms with Crippen LogP contribution in [0.15, 0.2) is 12.1 Å². The van der Waals surface area contributed by atoms with Gasteiger partial charge in [-0.15, -0.1) is 0 Å². The van der Waals surface area contributed by atoms with Crippen LogP contribution in [0.3, 0.4) is 0 Å². The minimum atomic E-state index is -2.79. The van der Waals surface area contributed by atoms with E-state index in [1.165, 1.54) is 102 Å². The first-order chi connectivity index (χ1) is 22.7. The van der Waals surface area contributed by atoms with Gasteiger partial charge in [-0.05, 0) is 0 Å². The van der Waals surface area contributed by atoms with Gasteiger partial charge < -0.3 is 0 Å². The van der Waals surface area contributed by atoms with E-state index in [1.54, 1.807) is 29.9 Å². The summed E-state index contributed by atoms with van der Waals surface area (Å²) in [5, 5.41) is 2.80. The summed E-state index contributed by atoms with van der Waals surface area (Å²) in [5.74, 6) is 1.45. The molecule has 2 aliphatic heterocycles. The zero-order valence-electron chi connectivity index (χ0n) is 30.3. The first-order valence-electron chi connectivity index (χ1n) is 19.0. The number of thiophene rings is 3. The Morgan fingerprint density at radius 3 is 1.81 bits per heavy atom. The summed E-state index contributed by atoms with van der Waals surface area (Å²) >= 11 is 2.84. The standard InChI is InChI=1S/C40H59GeNO2S3/c1-8-13-16-17-18-19-22-42-39(43)34-28(7)46-38(35(34)40(42)44)33-24-32-37(47-33)36-31(23-27(6)45-36)41(32,25-29(11-4)20-14-9-2)26-30(12-5)21-15-10-3/h23-24,29-30H,8-22,25-26H2,1-7H3. The number of amides is 2. The van der Waals surface area contributed by atoms with Crippen LogP contribution in [-0.4, -0.2) is 36.5 Å². The molecule has 0 saturated carbocycles. The Morgan fingerprint density at radius 2 is 1.19 bits per heavy atom. The third-order valence-corrected chi connectivity index (χ3v) is 26.9. The minimum absolute atomic E-state index is 0.0526. The average Bonchev–Trinajstić information content (AvgIpc) is 3.85. The Morgan fingerprint density at radius 1 is 0.638 bits per heavy atom. The zero-order chi connectivity index (χ0) is 33.7. The van der Waals surface area contributed by atoms with Crippen LogP contribution in [0.25, 0.3) is 19.5 Å². The van der Waals surface area contributed by atoms with Gasteiger partial charge in [0.25, 0.3) is 0 Å². The maximum atomic E-state index is 14.0. The number of imide groups is 1. The molecular weight excluding hydrogens is 695 g/mol. The molecule has 7 heteroatoms. The van der Waals surface area contributed by atoms with E-state index in [9.17, 15) is 9.59 Å². The molecule has 0 aromatic carbocycles. The molecule has 3 nitrogen and oxygen atoms in total. The van der Waals surface area contributed by atoms with Crippen LogP contribution >= 0.6 is 34.0 Å². The fourth-order valence-corrected chi connectivity index (χ4v) is 28.5. The SMILES string of the molecule is CCCCCCCCN1C(=O)c2c(C)sc(-c3c[c]4c(s3)-c3sc(C)c[c]3[Ge]4([CH2]C(CC)CCCC)[CH2]C(CC)CCCC)c2C1=O. The molecule has 2 unspecified atom stereocenters. The topological polar surface area (TPSA) is 37.4 Å². The number of carbonyl (C=O) groups excluding carboxylic acids is 2.